The summed E-state index contributed by atoms with van der Waals surface area (Å²) in [6, 6.07) is 17.9. The second kappa shape index (κ2) is 11.7. The third-order valence-electron chi connectivity index (χ3n) is 5.86. The first-order chi connectivity index (χ1) is 17.7. The lowest BCUT2D eigenvalue weighted by molar-refractivity contribution is -0.118. The van der Waals surface area contributed by atoms with Gasteiger partial charge in [0.25, 0.3) is 11.5 Å². The van der Waals surface area contributed by atoms with E-state index in [4.69, 9.17) is 21.3 Å². The van der Waals surface area contributed by atoms with Crippen molar-refractivity contribution in [2.45, 2.75) is 33.1 Å². The molecule has 37 heavy (non-hydrogen) atoms. The van der Waals surface area contributed by atoms with Crippen molar-refractivity contribution in [3.63, 3.8) is 0 Å². The number of halogens is 2. The maximum Gasteiger partial charge on any atom is 0.282 e. The first kappa shape index (κ1) is 26.6. The highest BCUT2D eigenvalue weighted by atomic mass is 79.9. The van der Waals surface area contributed by atoms with E-state index in [1.165, 1.54) is 10.9 Å². The van der Waals surface area contributed by atoms with Gasteiger partial charge in [-0.05, 0) is 61.9 Å². The standard InChI is InChI=1S/C28H26BrClN4O3/c1-4-18(3)27-33-24-11-7-20(29)14-23(24)28(36)34(27)31-15-19-13-21(30)8-12-25(19)37-16-26(35)32-22-9-5-17(2)6-10-22/h5-15,18H,4,16H2,1-3H3,(H,32,35)/t18-/m1/s1. The summed E-state index contributed by atoms with van der Waals surface area (Å²) >= 11 is 9.65. The molecule has 1 atom stereocenters. The van der Waals surface area contributed by atoms with E-state index in [0.717, 1.165) is 16.5 Å². The second-order valence-corrected chi connectivity index (χ2v) is 10.0. The van der Waals surface area contributed by atoms with Crippen LogP contribution in [0.5, 0.6) is 5.75 Å². The molecule has 1 N–H and O–H groups in total. The van der Waals surface area contributed by atoms with E-state index in [9.17, 15) is 9.59 Å². The average Bonchev–Trinajstić information content (AvgIpc) is 2.88. The number of anilines is 1. The van der Waals surface area contributed by atoms with Crippen LogP contribution in [0.1, 0.15) is 43.1 Å². The summed E-state index contributed by atoms with van der Waals surface area (Å²) in [5.74, 6) is 0.655. The molecule has 0 bridgehead atoms. The molecule has 7 nitrogen and oxygen atoms in total. The van der Waals surface area contributed by atoms with Crippen LogP contribution in [-0.4, -0.2) is 28.4 Å². The Kier molecular flexibility index (Phi) is 8.41. The maximum atomic E-state index is 13.4. The number of benzene rings is 3. The average molecular weight is 582 g/mol. The summed E-state index contributed by atoms with van der Waals surface area (Å²) in [7, 11) is 0. The summed E-state index contributed by atoms with van der Waals surface area (Å²) in [4.78, 5) is 30.5. The number of rotatable bonds is 8. The van der Waals surface area contributed by atoms with Crippen LogP contribution in [0.4, 0.5) is 5.69 Å². The van der Waals surface area contributed by atoms with Gasteiger partial charge in [0.05, 0.1) is 17.1 Å². The zero-order chi connectivity index (χ0) is 26.5. The van der Waals surface area contributed by atoms with Crippen molar-refractivity contribution in [3.8, 4) is 5.75 Å². The van der Waals surface area contributed by atoms with Crippen LogP contribution < -0.4 is 15.6 Å². The minimum absolute atomic E-state index is 0.00144. The van der Waals surface area contributed by atoms with Crippen LogP contribution in [-0.2, 0) is 4.79 Å². The third-order valence-corrected chi connectivity index (χ3v) is 6.59. The molecule has 0 radical (unpaired) electrons. The predicted molar refractivity (Wildman–Crippen MR) is 152 cm³/mol. The van der Waals surface area contributed by atoms with Crippen LogP contribution in [0.3, 0.4) is 0 Å². The van der Waals surface area contributed by atoms with Gasteiger partial charge in [0.2, 0.25) is 0 Å². The van der Waals surface area contributed by atoms with Gasteiger partial charge < -0.3 is 10.1 Å². The third kappa shape index (κ3) is 6.45. The SMILES string of the molecule is CC[C@@H](C)c1nc2ccc(Br)cc2c(=O)n1N=Cc1cc(Cl)ccc1OCC(=O)Nc1ccc(C)cc1. The monoisotopic (exact) mass is 580 g/mol. The Morgan fingerprint density at radius 3 is 2.68 bits per heavy atom. The summed E-state index contributed by atoms with van der Waals surface area (Å²) in [5.41, 5.74) is 2.64. The number of hydrogen-bond acceptors (Lipinski definition) is 5. The van der Waals surface area contributed by atoms with Crippen LogP contribution in [0, 0.1) is 6.92 Å². The Labute approximate surface area is 228 Å². The highest BCUT2D eigenvalue weighted by Gasteiger charge is 2.16. The first-order valence-electron chi connectivity index (χ1n) is 11.8. The molecular formula is C28H26BrClN4O3. The molecule has 0 fully saturated rings. The normalized spacial score (nSPS) is 12.1. The summed E-state index contributed by atoms with van der Waals surface area (Å²) in [5, 5.41) is 8.21. The first-order valence-corrected chi connectivity index (χ1v) is 13.0. The van der Waals surface area contributed by atoms with Crippen molar-refractivity contribution >= 4 is 56.2 Å². The molecule has 1 aromatic heterocycles. The van der Waals surface area contributed by atoms with Gasteiger partial charge in [-0.1, -0.05) is 59.1 Å². The molecule has 9 heteroatoms. The molecule has 1 heterocycles. The largest absolute Gasteiger partial charge is 0.483 e. The zero-order valence-corrected chi connectivity index (χ0v) is 23.0. The van der Waals surface area contributed by atoms with E-state index in [1.54, 1.807) is 24.3 Å². The lowest BCUT2D eigenvalue weighted by Crippen LogP contribution is -2.24. The molecule has 4 aromatic rings. The molecule has 190 valence electrons. The quantitative estimate of drug-likeness (QED) is 0.240. The van der Waals surface area contributed by atoms with Crippen molar-refractivity contribution in [2.24, 2.45) is 5.10 Å². The Morgan fingerprint density at radius 1 is 1.19 bits per heavy atom. The van der Waals surface area contributed by atoms with E-state index in [1.807, 2.05) is 57.2 Å². The fraction of sp³-hybridized carbons (Fsp3) is 0.214. The number of carbonyl (C=O) groups excluding carboxylic acids is 1. The topological polar surface area (TPSA) is 85.6 Å². The molecule has 0 aliphatic heterocycles. The maximum absolute atomic E-state index is 13.4. The Bertz CT molecular complexity index is 1530. The predicted octanol–water partition coefficient (Wildman–Crippen LogP) is 6.53. The number of amides is 1. The molecule has 0 saturated carbocycles. The van der Waals surface area contributed by atoms with E-state index in [-0.39, 0.29) is 24.0 Å². The number of carbonyl (C=O) groups is 1. The molecule has 0 aliphatic carbocycles. The molecule has 1 amide bonds. The number of ether oxygens (including phenoxy) is 1. The minimum atomic E-state index is -0.304. The van der Waals surface area contributed by atoms with Gasteiger partial charge in [-0.3, -0.25) is 9.59 Å². The van der Waals surface area contributed by atoms with E-state index < -0.39 is 0 Å². The smallest absolute Gasteiger partial charge is 0.282 e. The van der Waals surface area contributed by atoms with E-state index in [0.29, 0.717) is 38.8 Å². The van der Waals surface area contributed by atoms with Gasteiger partial charge >= 0.3 is 0 Å². The Hall–Kier alpha value is -3.49. The van der Waals surface area contributed by atoms with Gasteiger partial charge in [0.1, 0.15) is 11.6 Å². The van der Waals surface area contributed by atoms with Gasteiger partial charge in [0, 0.05) is 26.7 Å². The number of aromatic nitrogens is 2. The lowest BCUT2D eigenvalue weighted by atomic mass is 10.1. The van der Waals surface area contributed by atoms with Crippen molar-refractivity contribution in [2.75, 3.05) is 11.9 Å². The number of hydrogen-bond donors (Lipinski definition) is 1. The van der Waals surface area contributed by atoms with Crippen molar-refractivity contribution in [3.05, 3.63) is 97.5 Å². The summed E-state index contributed by atoms with van der Waals surface area (Å²) in [6.45, 7) is 5.80. The van der Waals surface area contributed by atoms with Gasteiger partial charge in [-0.2, -0.15) is 9.78 Å². The molecule has 0 spiro atoms. The molecule has 3 aromatic carbocycles. The molecule has 0 saturated heterocycles. The van der Waals surface area contributed by atoms with Crippen molar-refractivity contribution in [1.29, 1.82) is 0 Å². The fourth-order valence-electron chi connectivity index (χ4n) is 3.63. The lowest BCUT2D eigenvalue weighted by Gasteiger charge is -2.14. The van der Waals surface area contributed by atoms with Gasteiger partial charge in [-0.15, -0.1) is 0 Å². The number of aryl methyl sites for hydroxylation is 1. The molecule has 4 rings (SSSR count). The minimum Gasteiger partial charge on any atom is -0.483 e. The molecular weight excluding hydrogens is 556 g/mol. The Balaban J connectivity index is 1.63. The van der Waals surface area contributed by atoms with Crippen molar-refractivity contribution < 1.29 is 9.53 Å². The number of nitrogens with one attached hydrogen (secondary N) is 1. The molecule has 0 aliphatic rings. The van der Waals surface area contributed by atoms with E-state index in [2.05, 4.69) is 26.3 Å². The number of fused-ring (bicyclic) bond motifs is 1. The Morgan fingerprint density at radius 2 is 1.95 bits per heavy atom. The van der Waals surface area contributed by atoms with Crippen LogP contribution >= 0.6 is 27.5 Å². The van der Waals surface area contributed by atoms with Crippen molar-refractivity contribution in [1.82, 2.24) is 9.66 Å². The highest BCUT2D eigenvalue weighted by molar-refractivity contribution is 9.10. The summed E-state index contributed by atoms with van der Waals surface area (Å²) < 4.78 is 7.88. The zero-order valence-electron chi connectivity index (χ0n) is 20.7. The number of nitrogens with zero attached hydrogens (tertiary/aromatic N) is 3. The summed E-state index contributed by atoms with van der Waals surface area (Å²) in [6.07, 6.45) is 2.28. The fourth-order valence-corrected chi connectivity index (χ4v) is 4.17. The van der Waals surface area contributed by atoms with Gasteiger partial charge in [-0.25, -0.2) is 4.98 Å². The van der Waals surface area contributed by atoms with Crippen LogP contribution in [0.15, 0.2) is 75.0 Å². The van der Waals surface area contributed by atoms with E-state index >= 15 is 0 Å². The highest BCUT2D eigenvalue weighted by Crippen LogP contribution is 2.23. The van der Waals surface area contributed by atoms with Crippen LogP contribution in [0.2, 0.25) is 5.02 Å². The second-order valence-electron chi connectivity index (χ2n) is 8.69. The molecule has 0 unspecified atom stereocenters. The van der Waals surface area contributed by atoms with Gasteiger partial charge in [0.15, 0.2) is 6.61 Å². The van der Waals surface area contributed by atoms with Crippen LogP contribution in [0.25, 0.3) is 10.9 Å².